The highest BCUT2D eigenvalue weighted by Crippen LogP contribution is 2.33. The Kier molecular flexibility index (Phi) is 7.85. The van der Waals surface area contributed by atoms with E-state index in [-0.39, 0.29) is 18.3 Å². The third kappa shape index (κ3) is 5.88. The fourth-order valence-electron chi connectivity index (χ4n) is 4.05. The maximum Gasteiger partial charge on any atom is 0.322 e. The molecule has 3 aromatic carbocycles. The molecule has 7 nitrogen and oxygen atoms in total. The van der Waals surface area contributed by atoms with E-state index < -0.39 is 23.6 Å². The van der Waals surface area contributed by atoms with Gasteiger partial charge in [-0.1, -0.05) is 48.0 Å². The minimum absolute atomic E-state index is 0.0828. The van der Waals surface area contributed by atoms with Gasteiger partial charge in [0.1, 0.15) is 12.4 Å². The minimum atomic E-state index is -1.08. The molecule has 0 aliphatic rings. The lowest BCUT2D eigenvalue weighted by Crippen LogP contribution is -2.44. The van der Waals surface area contributed by atoms with Gasteiger partial charge in [0.25, 0.3) is 0 Å². The highest BCUT2D eigenvalue weighted by molar-refractivity contribution is 5.99. The molecule has 38 heavy (non-hydrogen) atoms. The molecule has 0 radical (unpaired) electrons. The molecule has 2 N–H and O–H groups in total. The van der Waals surface area contributed by atoms with Gasteiger partial charge >= 0.3 is 6.03 Å². The molecule has 0 fully saturated rings. The molecule has 0 aliphatic carbocycles. The molecule has 0 aliphatic heterocycles. The van der Waals surface area contributed by atoms with Gasteiger partial charge in [-0.3, -0.25) is 4.79 Å². The maximum atomic E-state index is 13.6. The summed E-state index contributed by atoms with van der Waals surface area (Å²) in [4.78, 5) is 27.6. The molecule has 196 valence electrons. The van der Waals surface area contributed by atoms with E-state index in [9.17, 15) is 18.4 Å². The van der Waals surface area contributed by atoms with Crippen LogP contribution in [0.4, 0.5) is 25.1 Å². The van der Waals surface area contributed by atoms with Crippen LogP contribution in [0.1, 0.15) is 25.1 Å². The van der Waals surface area contributed by atoms with Crippen LogP contribution in [0.25, 0.3) is 16.8 Å². The lowest BCUT2D eigenvalue weighted by atomic mass is 10.1. The van der Waals surface area contributed by atoms with Crippen molar-refractivity contribution in [1.82, 2.24) is 14.7 Å². The Morgan fingerprint density at radius 3 is 2.24 bits per heavy atom. The summed E-state index contributed by atoms with van der Waals surface area (Å²) in [5.74, 6) is -2.06. The summed E-state index contributed by atoms with van der Waals surface area (Å²) < 4.78 is 28.6. The van der Waals surface area contributed by atoms with Crippen molar-refractivity contribution in [2.75, 3.05) is 17.2 Å². The number of aromatic nitrogens is 2. The van der Waals surface area contributed by atoms with E-state index in [1.54, 1.807) is 18.5 Å². The van der Waals surface area contributed by atoms with E-state index in [2.05, 4.69) is 10.6 Å². The maximum absolute atomic E-state index is 13.6. The standard InChI is InChI=1S/C29H29F2N5O2/c1-18(2)35(29(38)32-22-12-15-24(30)25(31)16-22)17-26(37)33-28-27(21-8-6-5-7-9-21)20(4)34-36(28)23-13-10-19(3)11-14-23/h5-16,18H,17H2,1-4H3,(H,32,38)(H,33,37). The third-order valence-corrected chi connectivity index (χ3v) is 6.03. The lowest BCUT2D eigenvalue weighted by molar-refractivity contribution is -0.117. The van der Waals surface area contributed by atoms with E-state index in [4.69, 9.17) is 5.10 Å². The number of aryl methyl sites for hydroxylation is 2. The summed E-state index contributed by atoms with van der Waals surface area (Å²) in [6, 6.07) is 19.5. The number of urea groups is 1. The number of amides is 3. The van der Waals surface area contributed by atoms with Gasteiger partial charge in [0.05, 0.1) is 11.4 Å². The van der Waals surface area contributed by atoms with Crippen LogP contribution >= 0.6 is 0 Å². The Bertz CT molecular complexity index is 1450. The Morgan fingerprint density at radius 2 is 1.61 bits per heavy atom. The summed E-state index contributed by atoms with van der Waals surface area (Å²) in [5.41, 5.74) is 4.32. The number of benzene rings is 3. The minimum Gasteiger partial charge on any atom is -0.313 e. The molecule has 4 aromatic rings. The SMILES string of the molecule is Cc1ccc(-n2nc(C)c(-c3ccccc3)c2NC(=O)CN(C(=O)Nc2ccc(F)c(F)c2)C(C)C)cc1. The molecule has 0 saturated carbocycles. The van der Waals surface area contributed by atoms with E-state index in [1.165, 1.54) is 11.0 Å². The van der Waals surface area contributed by atoms with Crippen molar-refractivity contribution in [3.05, 3.63) is 95.7 Å². The fourth-order valence-corrected chi connectivity index (χ4v) is 4.05. The van der Waals surface area contributed by atoms with Gasteiger partial charge in [0.15, 0.2) is 11.6 Å². The summed E-state index contributed by atoms with van der Waals surface area (Å²) in [6.07, 6.45) is 0. The van der Waals surface area contributed by atoms with Crippen LogP contribution in [0.15, 0.2) is 72.8 Å². The normalized spacial score (nSPS) is 10.9. The number of rotatable bonds is 7. The van der Waals surface area contributed by atoms with Gasteiger partial charge in [-0.2, -0.15) is 5.10 Å². The number of carbonyl (C=O) groups excluding carboxylic acids is 2. The number of hydrogen-bond acceptors (Lipinski definition) is 3. The second kappa shape index (κ2) is 11.2. The van der Waals surface area contributed by atoms with Crippen LogP contribution in [0.3, 0.4) is 0 Å². The third-order valence-electron chi connectivity index (χ3n) is 6.03. The summed E-state index contributed by atoms with van der Waals surface area (Å²) in [6.45, 7) is 7.10. The Balaban J connectivity index is 1.62. The summed E-state index contributed by atoms with van der Waals surface area (Å²) >= 11 is 0. The zero-order valence-electron chi connectivity index (χ0n) is 21.6. The monoisotopic (exact) mass is 517 g/mol. The van der Waals surface area contributed by atoms with Crippen LogP contribution in [0.2, 0.25) is 0 Å². The molecule has 9 heteroatoms. The van der Waals surface area contributed by atoms with Crippen LogP contribution in [0.5, 0.6) is 0 Å². The van der Waals surface area contributed by atoms with Crippen molar-refractivity contribution in [3.8, 4) is 16.8 Å². The molecule has 0 bridgehead atoms. The number of nitrogens with one attached hydrogen (secondary N) is 2. The Labute approximate surface area is 220 Å². The molecular formula is C29H29F2N5O2. The summed E-state index contributed by atoms with van der Waals surface area (Å²) in [5, 5.41) is 10.2. The van der Waals surface area contributed by atoms with Crippen molar-refractivity contribution in [3.63, 3.8) is 0 Å². The van der Waals surface area contributed by atoms with Gasteiger partial charge in [-0.15, -0.1) is 0 Å². The van der Waals surface area contributed by atoms with Crippen molar-refractivity contribution in [1.29, 1.82) is 0 Å². The van der Waals surface area contributed by atoms with Gasteiger partial charge in [-0.05, 0) is 57.5 Å². The second-order valence-corrected chi connectivity index (χ2v) is 9.25. The molecule has 1 heterocycles. The number of anilines is 2. The fraction of sp³-hybridized carbons (Fsp3) is 0.207. The van der Waals surface area contributed by atoms with Crippen LogP contribution in [0, 0.1) is 25.5 Å². The highest BCUT2D eigenvalue weighted by Gasteiger charge is 2.24. The largest absolute Gasteiger partial charge is 0.322 e. The topological polar surface area (TPSA) is 79.3 Å². The van der Waals surface area contributed by atoms with Gasteiger partial charge < -0.3 is 15.5 Å². The smallest absolute Gasteiger partial charge is 0.313 e. The number of nitrogens with zero attached hydrogens (tertiary/aromatic N) is 3. The average Bonchev–Trinajstić information content (AvgIpc) is 3.20. The second-order valence-electron chi connectivity index (χ2n) is 9.25. The first-order valence-electron chi connectivity index (χ1n) is 12.2. The van der Waals surface area contributed by atoms with Gasteiger partial charge in [0.2, 0.25) is 5.91 Å². The van der Waals surface area contributed by atoms with E-state index >= 15 is 0 Å². The van der Waals surface area contributed by atoms with Crippen molar-refractivity contribution in [2.24, 2.45) is 0 Å². The first kappa shape index (κ1) is 26.5. The number of carbonyl (C=O) groups is 2. The molecule has 0 spiro atoms. The Hall–Kier alpha value is -4.53. The number of halogens is 2. The van der Waals surface area contributed by atoms with Crippen molar-refractivity contribution < 1.29 is 18.4 Å². The van der Waals surface area contributed by atoms with Crippen molar-refractivity contribution in [2.45, 2.75) is 33.7 Å². The van der Waals surface area contributed by atoms with Gasteiger partial charge in [0, 0.05) is 23.4 Å². The molecule has 4 rings (SSSR count). The lowest BCUT2D eigenvalue weighted by Gasteiger charge is -2.26. The predicted molar refractivity (Wildman–Crippen MR) is 144 cm³/mol. The van der Waals surface area contributed by atoms with Gasteiger partial charge in [-0.25, -0.2) is 18.3 Å². The zero-order valence-corrected chi connectivity index (χ0v) is 21.6. The molecule has 1 aromatic heterocycles. The predicted octanol–water partition coefficient (Wildman–Crippen LogP) is 6.32. The molecule has 0 atom stereocenters. The molecular weight excluding hydrogens is 488 g/mol. The first-order chi connectivity index (χ1) is 18.1. The summed E-state index contributed by atoms with van der Waals surface area (Å²) in [7, 11) is 0. The molecule has 0 saturated heterocycles. The quantitative estimate of drug-likeness (QED) is 0.301. The zero-order chi connectivity index (χ0) is 27.4. The highest BCUT2D eigenvalue weighted by atomic mass is 19.2. The first-order valence-corrected chi connectivity index (χ1v) is 12.2. The molecule has 0 unspecified atom stereocenters. The molecule has 3 amide bonds. The van der Waals surface area contributed by atoms with E-state index in [0.717, 1.165) is 40.2 Å². The van der Waals surface area contributed by atoms with E-state index in [1.807, 2.05) is 68.4 Å². The van der Waals surface area contributed by atoms with E-state index in [0.29, 0.717) is 5.82 Å². The van der Waals surface area contributed by atoms with Crippen molar-refractivity contribution >= 4 is 23.4 Å². The average molecular weight is 518 g/mol. The van der Waals surface area contributed by atoms with Crippen LogP contribution in [-0.2, 0) is 4.79 Å². The number of hydrogen-bond donors (Lipinski definition) is 2. The van der Waals surface area contributed by atoms with Crippen LogP contribution < -0.4 is 10.6 Å². The Morgan fingerprint density at radius 1 is 0.921 bits per heavy atom. The van der Waals surface area contributed by atoms with Crippen LogP contribution in [-0.4, -0.2) is 39.2 Å².